The Kier molecular flexibility index (Phi) is 4.44. The van der Waals surface area contributed by atoms with Crippen LogP contribution in [0.15, 0.2) is 22.7 Å². The zero-order chi connectivity index (χ0) is 10.1. The monoisotopic (exact) mass is 291 g/mol. The molecule has 1 fully saturated rings. The fourth-order valence-corrected chi connectivity index (χ4v) is 2.20. The molecule has 0 bridgehead atoms. The molecule has 1 aromatic rings. The van der Waals surface area contributed by atoms with Crippen LogP contribution in [0.5, 0.6) is 5.75 Å². The zero-order valence-electron chi connectivity index (χ0n) is 8.32. The van der Waals surface area contributed by atoms with Crippen LogP contribution >= 0.6 is 28.3 Å². The standard InChI is InChI=1S/C11H14BrNO.ClH/c12-9-6-8(4-5-10(9)14)11(13)7-2-1-3-7;/h4-7,11,14H,1-3,13H2;1H/t11-;/m1./s1. The average molecular weight is 293 g/mol. The van der Waals surface area contributed by atoms with E-state index in [-0.39, 0.29) is 24.2 Å². The van der Waals surface area contributed by atoms with E-state index in [2.05, 4.69) is 15.9 Å². The Hall–Kier alpha value is -0.250. The van der Waals surface area contributed by atoms with E-state index in [0.29, 0.717) is 5.92 Å². The molecule has 0 aromatic heterocycles. The van der Waals surface area contributed by atoms with Crippen LogP contribution in [-0.2, 0) is 0 Å². The molecular formula is C11H15BrClNO. The second kappa shape index (κ2) is 5.19. The summed E-state index contributed by atoms with van der Waals surface area (Å²) in [7, 11) is 0. The minimum absolute atomic E-state index is 0. The molecule has 2 nitrogen and oxygen atoms in total. The van der Waals surface area contributed by atoms with Gasteiger partial charge in [-0.3, -0.25) is 0 Å². The van der Waals surface area contributed by atoms with Crippen LogP contribution < -0.4 is 5.73 Å². The Morgan fingerprint density at radius 1 is 1.40 bits per heavy atom. The van der Waals surface area contributed by atoms with Crippen LogP contribution in [0.25, 0.3) is 0 Å². The average Bonchev–Trinajstić information content (AvgIpc) is 2.06. The van der Waals surface area contributed by atoms with Gasteiger partial charge in [0.2, 0.25) is 0 Å². The lowest BCUT2D eigenvalue weighted by atomic mass is 9.78. The maximum atomic E-state index is 9.35. The first-order chi connectivity index (χ1) is 6.68. The third-order valence-corrected chi connectivity index (χ3v) is 3.65. The highest BCUT2D eigenvalue weighted by molar-refractivity contribution is 9.10. The first-order valence-electron chi connectivity index (χ1n) is 4.92. The van der Waals surface area contributed by atoms with Crippen molar-refractivity contribution in [2.45, 2.75) is 25.3 Å². The number of phenols is 1. The Morgan fingerprint density at radius 2 is 2.07 bits per heavy atom. The van der Waals surface area contributed by atoms with E-state index in [0.717, 1.165) is 10.0 Å². The summed E-state index contributed by atoms with van der Waals surface area (Å²) in [6.45, 7) is 0. The SMILES string of the molecule is Cl.N[C@@H](c1ccc(O)c(Br)c1)C1CCC1. The van der Waals surface area contributed by atoms with Crippen LogP contribution in [-0.4, -0.2) is 5.11 Å². The molecule has 1 aliphatic carbocycles. The summed E-state index contributed by atoms with van der Waals surface area (Å²) in [5.41, 5.74) is 7.23. The molecular weight excluding hydrogens is 277 g/mol. The Bertz CT molecular complexity index is 341. The molecule has 0 heterocycles. The van der Waals surface area contributed by atoms with Gasteiger partial charge in [-0.05, 0) is 52.4 Å². The number of hydrogen-bond donors (Lipinski definition) is 2. The van der Waals surface area contributed by atoms with Gasteiger partial charge in [0.25, 0.3) is 0 Å². The van der Waals surface area contributed by atoms with Crippen molar-refractivity contribution in [3.8, 4) is 5.75 Å². The largest absolute Gasteiger partial charge is 0.507 e. The van der Waals surface area contributed by atoms with Gasteiger partial charge in [0, 0.05) is 6.04 Å². The molecule has 1 atom stereocenters. The van der Waals surface area contributed by atoms with E-state index in [9.17, 15) is 5.11 Å². The van der Waals surface area contributed by atoms with E-state index in [1.165, 1.54) is 19.3 Å². The van der Waals surface area contributed by atoms with E-state index < -0.39 is 0 Å². The van der Waals surface area contributed by atoms with Crippen LogP contribution in [0.1, 0.15) is 30.9 Å². The molecule has 1 aromatic carbocycles. The molecule has 4 heteroatoms. The van der Waals surface area contributed by atoms with Gasteiger partial charge in [0.1, 0.15) is 5.75 Å². The molecule has 0 saturated heterocycles. The fourth-order valence-electron chi connectivity index (χ4n) is 1.80. The second-order valence-corrected chi connectivity index (χ2v) is 4.78. The summed E-state index contributed by atoms with van der Waals surface area (Å²) in [4.78, 5) is 0. The normalized spacial score (nSPS) is 17.7. The van der Waals surface area contributed by atoms with Gasteiger partial charge < -0.3 is 10.8 Å². The van der Waals surface area contributed by atoms with Crippen LogP contribution in [0, 0.1) is 5.92 Å². The molecule has 0 amide bonds. The third-order valence-electron chi connectivity index (χ3n) is 3.01. The molecule has 0 unspecified atom stereocenters. The maximum Gasteiger partial charge on any atom is 0.129 e. The van der Waals surface area contributed by atoms with Crippen molar-refractivity contribution in [1.82, 2.24) is 0 Å². The zero-order valence-corrected chi connectivity index (χ0v) is 10.7. The summed E-state index contributed by atoms with van der Waals surface area (Å²) < 4.78 is 0.727. The predicted molar refractivity (Wildman–Crippen MR) is 67.3 cm³/mol. The fraction of sp³-hybridized carbons (Fsp3) is 0.455. The molecule has 84 valence electrons. The van der Waals surface area contributed by atoms with Crippen LogP contribution in [0.2, 0.25) is 0 Å². The van der Waals surface area contributed by atoms with Gasteiger partial charge in [-0.15, -0.1) is 12.4 Å². The summed E-state index contributed by atoms with van der Waals surface area (Å²) in [5, 5.41) is 9.35. The molecule has 1 aliphatic rings. The van der Waals surface area contributed by atoms with E-state index in [4.69, 9.17) is 5.73 Å². The van der Waals surface area contributed by atoms with Crippen molar-refractivity contribution < 1.29 is 5.11 Å². The van der Waals surface area contributed by atoms with Crippen molar-refractivity contribution in [2.24, 2.45) is 11.7 Å². The molecule has 0 spiro atoms. The first-order valence-corrected chi connectivity index (χ1v) is 5.72. The van der Waals surface area contributed by atoms with Gasteiger partial charge in [-0.25, -0.2) is 0 Å². The molecule has 0 aliphatic heterocycles. The van der Waals surface area contributed by atoms with Crippen molar-refractivity contribution in [3.63, 3.8) is 0 Å². The highest BCUT2D eigenvalue weighted by atomic mass is 79.9. The quantitative estimate of drug-likeness (QED) is 0.878. The lowest BCUT2D eigenvalue weighted by molar-refractivity contribution is 0.264. The van der Waals surface area contributed by atoms with E-state index in [1.807, 2.05) is 12.1 Å². The van der Waals surface area contributed by atoms with Gasteiger partial charge in [-0.2, -0.15) is 0 Å². The summed E-state index contributed by atoms with van der Waals surface area (Å²) in [6, 6.07) is 5.64. The lowest BCUT2D eigenvalue weighted by Gasteiger charge is -2.31. The van der Waals surface area contributed by atoms with Crippen LogP contribution in [0.3, 0.4) is 0 Å². The number of benzene rings is 1. The van der Waals surface area contributed by atoms with E-state index >= 15 is 0 Å². The molecule has 1 saturated carbocycles. The third kappa shape index (κ3) is 2.65. The van der Waals surface area contributed by atoms with Gasteiger partial charge in [-0.1, -0.05) is 12.5 Å². The van der Waals surface area contributed by atoms with Gasteiger partial charge >= 0.3 is 0 Å². The highest BCUT2D eigenvalue weighted by Gasteiger charge is 2.25. The molecule has 2 rings (SSSR count). The maximum absolute atomic E-state index is 9.35. The van der Waals surface area contributed by atoms with Crippen molar-refractivity contribution in [2.75, 3.05) is 0 Å². The number of aromatic hydroxyl groups is 1. The number of rotatable bonds is 2. The number of halogens is 2. The van der Waals surface area contributed by atoms with E-state index in [1.54, 1.807) is 6.07 Å². The Morgan fingerprint density at radius 3 is 2.53 bits per heavy atom. The van der Waals surface area contributed by atoms with Crippen LogP contribution in [0.4, 0.5) is 0 Å². The van der Waals surface area contributed by atoms with Crippen molar-refractivity contribution >= 4 is 28.3 Å². The van der Waals surface area contributed by atoms with Crippen molar-refractivity contribution in [1.29, 1.82) is 0 Å². The van der Waals surface area contributed by atoms with Crippen molar-refractivity contribution in [3.05, 3.63) is 28.2 Å². The van der Waals surface area contributed by atoms with Gasteiger partial charge in [0.15, 0.2) is 0 Å². The summed E-state index contributed by atoms with van der Waals surface area (Å²) >= 11 is 3.30. The number of hydrogen-bond acceptors (Lipinski definition) is 2. The second-order valence-electron chi connectivity index (χ2n) is 3.93. The molecule has 15 heavy (non-hydrogen) atoms. The summed E-state index contributed by atoms with van der Waals surface area (Å²) in [6.07, 6.45) is 3.77. The topological polar surface area (TPSA) is 46.2 Å². The number of nitrogens with two attached hydrogens (primary N) is 1. The predicted octanol–water partition coefficient (Wildman–Crippen LogP) is 3.38. The number of phenolic OH excluding ortho intramolecular Hbond substituents is 1. The molecule has 3 N–H and O–H groups in total. The first kappa shape index (κ1) is 12.8. The minimum Gasteiger partial charge on any atom is -0.507 e. The molecule has 0 radical (unpaired) electrons. The Labute approximate surface area is 104 Å². The smallest absolute Gasteiger partial charge is 0.129 e. The van der Waals surface area contributed by atoms with Gasteiger partial charge in [0.05, 0.1) is 4.47 Å². The Balaban J connectivity index is 0.00000112. The summed E-state index contributed by atoms with van der Waals surface area (Å²) in [5.74, 6) is 0.904. The minimum atomic E-state index is 0. The lowest BCUT2D eigenvalue weighted by Crippen LogP contribution is -2.26. The highest BCUT2D eigenvalue weighted by Crippen LogP contribution is 2.37.